The first kappa shape index (κ1) is 15.5. The smallest absolute Gasteiger partial charge is 0.165 e. The van der Waals surface area contributed by atoms with Crippen molar-refractivity contribution in [3.05, 3.63) is 40.1 Å². The van der Waals surface area contributed by atoms with Crippen molar-refractivity contribution in [2.75, 3.05) is 13.1 Å². The van der Waals surface area contributed by atoms with Gasteiger partial charge >= 0.3 is 0 Å². The van der Waals surface area contributed by atoms with Gasteiger partial charge in [0.15, 0.2) is 5.76 Å². The highest BCUT2D eigenvalue weighted by molar-refractivity contribution is 6.42. The first-order chi connectivity index (χ1) is 10.9. The molecule has 6 heteroatoms. The van der Waals surface area contributed by atoms with Crippen molar-refractivity contribution in [2.45, 2.75) is 20.5 Å². The Morgan fingerprint density at radius 3 is 2.65 bits per heavy atom. The molecule has 2 aromatic rings. The third-order valence-electron chi connectivity index (χ3n) is 5.25. The normalized spacial score (nSPS) is 25.6. The Labute approximate surface area is 145 Å². The lowest BCUT2D eigenvalue weighted by Gasteiger charge is -2.20. The molecule has 0 bridgehead atoms. The van der Waals surface area contributed by atoms with Crippen LogP contribution in [0.2, 0.25) is 10.0 Å². The molecular formula is C17H18Cl2N2O2. The molecule has 1 aromatic carbocycles. The number of rotatable bonds is 4. The van der Waals surface area contributed by atoms with Crippen molar-refractivity contribution in [3.63, 3.8) is 0 Å². The average molecular weight is 353 g/mol. The van der Waals surface area contributed by atoms with Crippen LogP contribution in [0, 0.1) is 17.3 Å². The number of hydroxylamine groups is 2. The Kier molecular flexibility index (Phi) is 3.69. The fraction of sp³-hybridized carbons (Fsp3) is 0.471. The summed E-state index contributed by atoms with van der Waals surface area (Å²) >= 11 is 12.0. The zero-order valence-corrected chi connectivity index (χ0v) is 14.6. The lowest BCUT2D eigenvalue weighted by Crippen LogP contribution is -2.26. The summed E-state index contributed by atoms with van der Waals surface area (Å²) in [7, 11) is 0. The van der Waals surface area contributed by atoms with E-state index in [2.05, 4.69) is 19.0 Å². The van der Waals surface area contributed by atoms with E-state index in [0.29, 0.717) is 27.8 Å². The summed E-state index contributed by atoms with van der Waals surface area (Å²) in [6, 6.07) is 7.28. The first-order valence-corrected chi connectivity index (χ1v) is 8.49. The van der Waals surface area contributed by atoms with E-state index in [1.165, 1.54) is 0 Å². The first-order valence-electron chi connectivity index (χ1n) is 7.74. The van der Waals surface area contributed by atoms with Gasteiger partial charge in [-0.2, -0.15) is 5.06 Å². The molecular weight excluding hydrogens is 335 g/mol. The van der Waals surface area contributed by atoms with Gasteiger partial charge < -0.3 is 4.52 Å². The molecule has 1 saturated carbocycles. The summed E-state index contributed by atoms with van der Waals surface area (Å²) in [5.41, 5.74) is 2.10. The predicted molar refractivity (Wildman–Crippen MR) is 89.1 cm³/mol. The monoisotopic (exact) mass is 352 g/mol. The number of benzene rings is 1. The van der Waals surface area contributed by atoms with E-state index in [1.807, 2.05) is 17.2 Å². The molecule has 0 N–H and O–H groups in total. The number of fused-ring (bicyclic) bond motifs is 1. The molecule has 1 aromatic heterocycles. The van der Waals surface area contributed by atoms with Gasteiger partial charge in [-0.05, 0) is 29.4 Å². The highest BCUT2D eigenvalue weighted by Gasteiger charge is 2.62. The van der Waals surface area contributed by atoms with Gasteiger partial charge in [0.2, 0.25) is 0 Å². The lowest BCUT2D eigenvalue weighted by molar-refractivity contribution is -0.170. The van der Waals surface area contributed by atoms with Crippen LogP contribution in [0.4, 0.5) is 0 Å². The van der Waals surface area contributed by atoms with E-state index < -0.39 is 0 Å². The molecule has 0 amide bonds. The molecule has 4 nitrogen and oxygen atoms in total. The molecule has 2 fully saturated rings. The van der Waals surface area contributed by atoms with Gasteiger partial charge in [-0.15, -0.1) is 0 Å². The number of nitrogens with zero attached hydrogens (tertiary/aromatic N) is 2. The minimum absolute atomic E-state index is 0.397. The van der Waals surface area contributed by atoms with Crippen molar-refractivity contribution < 1.29 is 9.36 Å². The van der Waals surface area contributed by atoms with Crippen LogP contribution in [0.25, 0.3) is 11.3 Å². The van der Waals surface area contributed by atoms with Crippen LogP contribution in [-0.2, 0) is 11.4 Å². The predicted octanol–water partition coefficient (Wildman–Crippen LogP) is 4.67. The zero-order chi connectivity index (χ0) is 16.2. The Bertz CT molecular complexity index is 730. The molecule has 0 radical (unpaired) electrons. The molecule has 23 heavy (non-hydrogen) atoms. The molecule has 2 atom stereocenters. The number of hydrogen-bond donors (Lipinski definition) is 0. The van der Waals surface area contributed by atoms with Crippen LogP contribution >= 0.6 is 23.2 Å². The second-order valence-corrected chi connectivity index (χ2v) is 7.78. The van der Waals surface area contributed by atoms with Gasteiger partial charge in [-0.3, -0.25) is 4.84 Å². The zero-order valence-electron chi connectivity index (χ0n) is 13.1. The van der Waals surface area contributed by atoms with Crippen molar-refractivity contribution >= 4 is 23.2 Å². The minimum Gasteiger partial charge on any atom is -0.358 e. The van der Waals surface area contributed by atoms with Gasteiger partial charge in [0.25, 0.3) is 0 Å². The van der Waals surface area contributed by atoms with Crippen LogP contribution in [0.15, 0.2) is 28.8 Å². The highest BCUT2D eigenvalue weighted by atomic mass is 35.5. The van der Waals surface area contributed by atoms with E-state index in [-0.39, 0.29) is 0 Å². The topological polar surface area (TPSA) is 38.5 Å². The second-order valence-electron chi connectivity index (χ2n) is 6.96. The maximum atomic E-state index is 6.04. The fourth-order valence-electron chi connectivity index (χ4n) is 3.53. The van der Waals surface area contributed by atoms with Crippen LogP contribution < -0.4 is 0 Å². The number of hydrogen-bond acceptors (Lipinski definition) is 4. The molecule has 2 unspecified atom stereocenters. The Morgan fingerprint density at radius 1 is 1.22 bits per heavy atom. The summed E-state index contributed by atoms with van der Waals surface area (Å²) in [4.78, 5) is 5.83. The summed E-state index contributed by atoms with van der Waals surface area (Å²) in [5.74, 6) is 2.24. The molecule has 2 heterocycles. The van der Waals surface area contributed by atoms with Crippen LogP contribution in [0.3, 0.4) is 0 Å². The Morgan fingerprint density at radius 2 is 1.96 bits per heavy atom. The van der Waals surface area contributed by atoms with E-state index in [9.17, 15) is 0 Å². The molecule has 1 saturated heterocycles. The van der Waals surface area contributed by atoms with Gasteiger partial charge in [0.1, 0.15) is 12.3 Å². The largest absolute Gasteiger partial charge is 0.358 e. The van der Waals surface area contributed by atoms with E-state index in [4.69, 9.17) is 32.6 Å². The third-order valence-corrected chi connectivity index (χ3v) is 5.99. The maximum absolute atomic E-state index is 6.04. The van der Waals surface area contributed by atoms with Crippen LogP contribution in [0.5, 0.6) is 0 Å². The molecule has 4 rings (SSSR count). The van der Waals surface area contributed by atoms with Crippen molar-refractivity contribution in [2.24, 2.45) is 17.3 Å². The van der Waals surface area contributed by atoms with E-state index in [1.54, 1.807) is 12.1 Å². The number of aromatic nitrogens is 1. The highest BCUT2D eigenvalue weighted by Crippen LogP contribution is 2.61. The molecule has 0 spiro atoms. The maximum Gasteiger partial charge on any atom is 0.165 e. The molecule has 122 valence electrons. The number of piperidine rings is 1. The summed E-state index contributed by atoms with van der Waals surface area (Å²) < 4.78 is 5.35. The lowest BCUT2D eigenvalue weighted by atomic mass is 10.1. The van der Waals surface area contributed by atoms with Crippen LogP contribution in [0.1, 0.15) is 19.6 Å². The Hall–Kier alpha value is -1.07. The Balaban J connectivity index is 1.36. The van der Waals surface area contributed by atoms with Crippen LogP contribution in [-0.4, -0.2) is 23.3 Å². The van der Waals surface area contributed by atoms with Gasteiger partial charge in [0, 0.05) is 24.7 Å². The molecule has 1 aliphatic carbocycles. The third kappa shape index (κ3) is 2.78. The van der Waals surface area contributed by atoms with Gasteiger partial charge in [0.05, 0.1) is 10.0 Å². The summed E-state index contributed by atoms with van der Waals surface area (Å²) in [6.45, 7) is 7.07. The second kappa shape index (κ2) is 5.49. The molecule has 1 aliphatic heterocycles. The number of halogens is 2. The van der Waals surface area contributed by atoms with Gasteiger partial charge in [-0.25, -0.2) is 0 Å². The standard InChI is InChI=1S/C17H18Cl2N2O2/c1-17(2)12-7-21(8-13(12)17)22-9-11-6-16(20-23-11)10-3-4-14(18)15(19)5-10/h3-6,12-13H,7-9H2,1-2H3. The van der Waals surface area contributed by atoms with E-state index >= 15 is 0 Å². The summed E-state index contributed by atoms with van der Waals surface area (Å²) in [5, 5.41) is 7.15. The summed E-state index contributed by atoms with van der Waals surface area (Å²) in [6.07, 6.45) is 0. The van der Waals surface area contributed by atoms with Crippen molar-refractivity contribution in [3.8, 4) is 11.3 Å². The van der Waals surface area contributed by atoms with Crippen molar-refractivity contribution in [1.29, 1.82) is 0 Å². The average Bonchev–Trinajstić information content (AvgIpc) is 2.99. The minimum atomic E-state index is 0.397. The SMILES string of the molecule is CC1(C)C2CN(OCc3cc(-c4ccc(Cl)c(Cl)c4)no3)CC21. The quantitative estimate of drug-likeness (QED) is 0.801. The van der Waals surface area contributed by atoms with Crippen molar-refractivity contribution in [1.82, 2.24) is 10.2 Å². The fourth-order valence-corrected chi connectivity index (χ4v) is 3.83. The molecule has 2 aliphatic rings. The van der Waals surface area contributed by atoms with E-state index in [0.717, 1.165) is 36.2 Å². The van der Waals surface area contributed by atoms with Gasteiger partial charge in [-0.1, -0.05) is 48.3 Å².